The van der Waals surface area contributed by atoms with Crippen molar-refractivity contribution in [3.8, 4) is 11.3 Å². The van der Waals surface area contributed by atoms with Gasteiger partial charge >= 0.3 is 0 Å². The normalized spacial score (nSPS) is 10.6. The minimum absolute atomic E-state index is 0.0559. The number of carbonyl (C=O) groups is 2. The second-order valence-electron chi connectivity index (χ2n) is 6.48. The summed E-state index contributed by atoms with van der Waals surface area (Å²) in [4.78, 5) is 28.5. The minimum Gasteiger partial charge on any atom is -0.356 e. The van der Waals surface area contributed by atoms with E-state index in [1.54, 1.807) is 35.6 Å². The summed E-state index contributed by atoms with van der Waals surface area (Å²) in [7, 11) is 0. The average Bonchev–Trinajstić information content (AvgIpc) is 3.13. The van der Waals surface area contributed by atoms with Crippen LogP contribution in [-0.4, -0.2) is 23.2 Å². The lowest BCUT2D eigenvalue weighted by molar-refractivity contribution is -0.121. The number of halogens is 1. The van der Waals surface area contributed by atoms with E-state index in [1.165, 1.54) is 0 Å². The first-order chi connectivity index (χ1) is 13.5. The van der Waals surface area contributed by atoms with Crippen LogP contribution < -0.4 is 5.32 Å². The largest absolute Gasteiger partial charge is 0.356 e. The Labute approximate surface area is 173 Å². The van der Waals surface area contributed by atoms with Crippen molar-refractivity contribution in [3.63, 3.8) is 0 Å². The lowest BCUT2D eigenvalue weighted by Crippen LogP contribution is -2.26. The molecule has 0 atom stereocenters. The van der Waals surface area contributed by atoms with Crippen molar-refractivity contribution in [3.05, 3.63) is 75.1 Å². The molecule has 6 heteroatoms. The Morgan fingerprint density at radius 1 is 1.04 bits per heavy atom. The molecule has 3 aromatic rings. The maximum absolute atomic E-state index is 12.1. The molecular weight excluding hydrogens is 392 g/mol. The van der Waals surface area contributed by atoms with E-state index >= 15 is 0 Å². The van der Waals surface area contributed by atoms with E-state index in [9.17, 15) is 9.59 Å². The Morgan fingerprint density at radius 3 is 2.39 bits per heavy atom. The maximum Gasteiger partial charge on any atom is 0.220 e. The molecule has 28 heavy (non-hydrogen) atoms. The van der Waals surface area contributed by atoms with E-state index in [0.717, 1.165) is 28.2 Å². The van der Waals surface area contributed by atoms with E-state index in [4.69, 9.17) is 11.6 Å². The quantitative estimate of drug-likeness (QED) is 0.524. The number of benzene rings is 2. The van der Waals surface area contributed by atoms with Crippen LogP contribution in [0.2, 0.25) is 5.02 Å². The number of rotatable bonds is 8. The fourth-order valence-electron chi connectivity index (χ4n) is 2.78. The summed E-state index contributed by atoms with van der Waals surface area (Å²) in [6.07, 6.45) is 1.12. The van der Waals surface area contributed by atoms with Gasteiger partial charge in [-0.1, -0.05) is 35.9 Å². The van der Waals surface area contributed by atoms with Crippen molar-refractivity contribution < 1.29 is 9.59 Å². The summed E-state index contributed by atoms with van der Waals surface area (Å²) in [5.74, 6) is -0.170. The van der Waals surface area contributed by atoms with Gasteiger partial charge in [0.15, 0.2) is 5.78 Å². The third-order valence-corrected chi connectivity index (χ3v) is 5.38. The highest BCUT2D eigenvalue weighted by Crippen LogP contribution is 2.21. The van der Waals surface area contributed by atoms with Crippen LogP contribution in [0.25, 0.3) is 11.3 Å². The molecule has 144 valence electrons. The van der Waals surface area contributed by atoms with Crippen LogP contribution in [-0.2, 0) is 11.2 Å². The number of Topliss-reactive ketones (excluding diaryl/α,β-unsaturated/α-hetero) is 1. The van der Waals surface area contributed by atoms with Crippen molar-refractivity contribution >= 4 is 34.6 Å². The van der Waals surface area contributed by atoms with Gasteiger partial charge in [0.2, 0.25) is 5.91 Å². The van der Waals surface area contributed by atoms with Crippen LogP contribution in [0.3, 0.4) is 0 Å². The van der Waals surface area contributed by atoms with E-state index in [2.05, 4.69) is 39.9 Å². The molecule has 1 N–H and O–H groups in total. The number of ketones is 1. The molecule has 0 fully saturated rings. The zero-order valence-corrected chi connectivity index (χ0v) is 17.1. The minimum atomic E-state index is -0.114. The molecule has 0 saturated carbocycles. The molecule has 0 unspecified atom stereocenters. The van der Waals surface area contributed by atoms with Crippen LogP contribution in [0.15, 0.2) is 53.9 Å². The van der Waals surface area contributed by atoms with Crippen molar-refractivity contribution in [1.82, 2.24) is 10.3 Å². The zero-order valence-electron chi connectivity index (χ0n) is 15.6. The van der Waals surface area contributed by atoms with Crippen molar-refractivity contribution in [2.24, 2.45) is 0 Å². The highest BCUT2D eigenvalue weighted by Gasteiger charge is 2.09. The summed E-state index contributed by atoms with van der Waals surface area (Å²) in [5, 5.41) is 6.56. The molecule has 1 amide bonds. The molecule has 0 aliphatic heterocycles. The number of hydrogen-bond donors (Lipinski definition) is 1. The van der Waals surface area contributed by atoms with Gasteiger partial charge in [-0.15, -0.1) is 11.3 Å². The van der Waals surface area contributed by atoms with Crippen molar-refractivity contribution in [2.75, 3.05) is 6.54 Å². The number of thiazole rings is 1. The Balaban J connectivity index is 1.40. The second kappa shape index (κ2) is 9.62. The summed E-state index contributed by atoms with van der Waals surface area (Å²) < 4.78 is 0. The number of nitrogens with one attached hydrogen (secondary N) is 1. The van der Waals surface area contributed by atoms with Crippen LogP contribution in [0, 0.1) is 6.92 Å². The SMILES string of the molecule is Cc1nc(-c2ccc(CCNC(=O)CCC(=O)c3ccc(Cl)cc3)cc2)cs1. The van der Waals surface area contributed by atoms with Gasteiger partial charge in [-0.3, -0.25) is 9.59 Å². The second-order valence-corrected chi connectivity index (χ2v) is 7.98. The van der Waals surface area contributed by atoms with Crippen molar-refractivity contribution in [1.29, 1.82) is 0 Å². The summed E-state index contributed by atoms with van der Waals surface area (Å²) >= 11 is 7.45. The lowest BCUT2D eigenvalue weighted by atomic mass is 10.1. The van der Waals surface area contributed by atoms with E-state index in [0.29, 0.717) is 17.1 Å². The molecule has 4 nitrogen and oxygen atoms in total. The number of amides is 1. The van der Waals surface area contributed by atoms with Crippen LogP contribution in [0.4, 0.5) is 0 Å². The first-order valence-electron chi connectivity index (χ1n) is 9.08. The van der Waals surface area contributed by atoms with Gasteiger partial charge in [0.25, 0.3) is 0 Å². The zero-order chi connectivity index (χ0) is 19.9. The Morgan fingerprint density at radius 2 is 1.75 bits per heavy atom. The monoisotopic (exact) mass is 412 g/mol. The van der Waals surface area contributed by atoms with E-state index in [1.807, 2.05) is 6.92 Å². The number of hydrogen-bond acceptors (Lipinski definition) is 4. The first kappa shape index (κ1) is 20.2. The smallest absolute Gasteiger partial charge is 0.220 e. The number of carbonyl (C=O) groups excluding carboxylic acids is 2. The highest BCUT2D eigenvalue weighted by molar-refractivity contribution is 7.09. The molecule has 0 bridgehead atoms. The fraction of sp³-hybridized carbons (Fsp3) is 0.227. The summed E-state index contributed by atoms with van der Waals surface area (Å²) in [5.41, 5.74) is 3.81. The molecule has 0 saturated heterocycles. The molecular formula is C22H21ClN2O2S. The Hall–Kier alpha value is -2.50. The predicted molar refractivity (Wildman–Crippen MR) is 114 cm³/mol. The van der Waals surface area contributed by atoms with Gasteiger partial charge in [-0.05, 0) is 43.2 Å². The van der Waals surface area contributed by atoms with Gasteiger partial charge < -0.3 is 5.32 Å². The molecule has 3 rings (SSSR count). The number of aromatic nitrogens is 1. The standard InChI is InChI=1S/C22H21ClN2O2S/c1-15-25-20(14-28-15)17-4-2-16(3-5-17)12-13-24-22(27)11-10-21(26)18-6-8-19(23)9-7-18/h2-9,14H,10-13H2,1H3,(H,24,27). The number of nitrogens with zero attached hydrogens (tertiary/aromatic N) is 1. The van der Waals surface area contributed by atoms with Crippen LogP contribution in [0.5, 0.6) is 0 Å². The van der Waals surface area contributed by atoms with Gasteiger partial charge in [0, 0.05) is 40.9 Å². The third kappa shape index (κ3) is 5.75. The van der Waals surface area contributed by atoms with E-state index < -0.39 is 0 Å². The highest BCUT2D eigenvalue weighted by atomic mass is 35.5. The van der Waals surface area contributed by atoms with E-state index in [-0.39, 0.29) is 24.5 Å². The van der Waals surface area contributed by atoms with Gasteiger partial charge in [0.05, 0.1) is 10.7 Å². The van der Waals surface area contributed by atoms with Crippen LogP contribution in [0.1, 0.15) is 33.8 Å². The molecule has 0 aliphatic rings. The molecule has 0 spiro atoms. The molecule has 1 aromatic heterocycles. The third-order valence-electron chi connectivity index (χ3n) is 4.35. The molecule has 2 aromatic carbocycles. The molecule has 0 radical (unpaired) electrons. The van der Waals surface area contributed by atoms with Gasteiger partial charge in [0.1, 0.15) is 0 Å². The first-order valence-corrected chi connectivity index (χ1v) is 10.3. The summed E-state index contributed by atoms with van der Waals surface area (Å²) in [6, 6.07) is 14.9. The Bertz CT molecular complexity index is 949. The topological polar surface area (TPSA) is 59.1 Å². The van der Waals surface area contributed by atoms with Crippen LogP contribution >= 0.6 is 22.9 Å². The fourth-order valence-corrected chi connectivity index (χ4v) is 3.53. The molecule has 0 aliphatic carbocycles. The van der Waals surface area contributed by atoms with Crippen molar-refractivity contribution in [2.45, 2.75) is 26.2 Å². The van der Waals surface area contributed by atoms with Gasteiger partial charge in [-0.25, -0.2) is 4.98 Å². The number of aryl methyl sites for hydroxylation is 1. The Kier molecular flexibility index (Phi) is 6.95. The molecule has 1 heterocycles. The predicted octanol–water partition coefficient (Wildman–Crippen LogP) is 5.09. The summed E-state index contributed by atoms with van der Waals surface area (Å²) in [6.45, 7) is 2.54. The maximum atomic E-state index is 12.1. The average molecular weight is 413 g/mol. The van der Waals surface area contributed by atoms with Gasteiger partial charge in [-0.2, -0.15) is 0 Å². The lowest BCUT2D eigenvalue weighted by Gasteiger charge is -2.06.